The number of nitrogens with one attached hydrogen (secondary N) is 3. The number of rotatable bonds is 14. The fraction of sp³-hybridized carbons (Fsp3) is 0.450. The molecule has 4 atom stereocenters. The van der Waals surface area contributed by atoms with E-state index in [1.54, 1.807) is 0 Å². The van der Waals surface area contributed by atoms with E-state index in [1.165, 1.54) is 24.3 Å². The molecule has 1 rings (SSSR count). The quantitative estimate of drug-likeness (QED) is 0.118. The average Bonchev–Trinajstić information content (AvgIpc) is 2.79. The summed E-state index contributed by atoms with van der Waals surface area (Å²) in [5.41, 5.74) is 11.2. The van der Waals surface area contributed by atoms with Crippen molar-refractivity contribution in [1.29, 1.82) is 0 Å². The van der Waals surface area contributed by atoms with E-state index in [0.29, 0.717) is 5.56 Å². The van der Waals surface area contributed by atoms with Gasteiger partial charge in [0, 0.05) is 18.6 Å². The van der Waals surface area contributed by atoms with Crippen LogP contribution >= 0.6 is 12.6 Å². The van der Waals surface area contributed by atoms with Crippen LogP contribution in [0.15, 0.2) is 24.3 Å². The summed E-state index contributed by atoms with van der Waals surface area (Å²) in [6, 6.07) is 0.448. The fourth-order valence-electron chi connectivity index (χ4n) is 2.71. The van der Waals surface area contributed by atoms with Crippen molar-refractivity contribution < 1.29 is 39.3 Å². The van der Waals surface area contributed by atoms with Crippen LogP contribution < -0.4 is 27.4 Å². The first-order valence-corrected chi connectivity index (χ1v) is 10.8. The van der Waals surface area contributed by atoms with Crippen molar-refractivity contribution in [3.8, 4) is 5.75 Å². The number of primary amides is 1. The summed E-state index contributed by atoms with van der Waals surface area (Å²) in [5.74, 6) is -4.83. The highest BCUT2D eigenvalue weighted by atomic mass is 32.1. The molecule has 0 heterocycles. The molecule has 0 bridgehead atoms. The third kappa shape index (κ3) is 9.64. The normalized spacial score (nSPS) is 14.2. The molecule has 10 N–H and O–H groups in total. The maximum absolute atomic E-state index is 12.7. The summed E-state index contributed by atoms with van der Waals surface area (Å²) in [5, 5.41) is 35.0. The number of amides is 4. The molecule has 0 fully saturated rings. The molecule has 4 unspecified atom stereocenters. The Morgan fingerprint density at radius 3 is 1.94 bits per heavy atom. The lowest BCUT2D eigenvalue weighted by molar-refractivity contribution is -0.141. The summed E-state index contributed by atoms with van der Waals surface area (Å²) in [6.45, 7) is -0.831. The van der Waals surface area contributed by atoms with Gasteiger partial charge in [-0.05, 0) is 24.1 Å². The molecular weight excluding hydrogens is 470 g/mol. The second kappa shape index (κ2) is 14.0. The van der Waals surface area contributed by atoms with Gasteiger partial charge in [-0.2, -0.15) is 12.6 Å². The number of phenols is 1. The van der Waals surface area contributed by atoms with Gasteiger partial charge in [-0.25, -0.2) is 4.79 Å². The lowest BCUT2D eigenvalue weighted by Gasteiger charge is -2.24. The fourth-order valence-corrected chi connectivity index (χ4v) is 2.96. The van der Waals surface area contributed by atoms with Crippen LogP contribution in [0.3, 0.4) is 0 Å². The van der Waals surface area contributed by atoms with Crippen LogP contribution in [0.1, 0.15) is 18.4 Å². The number of carbonyl (C=O) groups is 5. The van der Waals surface area contributed by atoms with Crippen LogP contribution in [-0.4, -0.2) is 81.4 Å². The highest BCUT2D eigenvalue weighted by molar-refractivity contribution is 7.80. The number of thiol groups is 1. The second-order valence-electron chi connectivity index (χ2n) is 7.37. The molecule has 0 radical (unpaired) electrons. The van der Waals surface area contributed by atoms with Gasteiger partial charge >= 0.3 is 5.97 Å². The van der Waals surface area contributed by atoms with E-state index in [0.717, 1.165) is 0 Å². The number of aliphatic carboxylic acids is 1. The van der Waals surface area contributed by atoms with Crippen LogP contribution in [-0.2, 0) is 30.4 Å². The molecule has 188 valence electrons. The van der Waals surface area contributed by atoms with Gasteiger partial charge in [-0.3, -0.25) is 19.2 Å². The summed E-state index contributed by atoms with van der Waals surface area (Å²) in [6.07, 6.45) is -0.330. The van der Waals surface area contributed by atoms with E-state index in [1.807, 2.05) is 0 Å². The zero-order chi connectivity index (χ0) is 25.8. The number of aromatic hydroxyl groups is 1. The SMILES string of the molecule is NC(=O)CCC(N)C(=O)NC(CO)C(=O)NC(Cc1ccc(O)cc1)C(=O)NC(CS)C(=O)O. The van der Waals surface area contributed by atoms with Crippen molar-refractivity contribution >= 4 is 42.2 Å². The molecule has 1 aromatic rings. The van der Waals surface area contributed by atoms with Crippen LogP contribution in [0.5, 0.6) is 5.75 Å². The van der Waals surface area contributed by atoms with E-state index < -0.39 is 60.4 Å². The Hall–Kier alpha value is -3.36. The predicted octanol–water partition coefficient (Wildman–Crippen LogP) is -3.01. The molecule has 34 heavy (non-hydrogen) atoms. The van der Waals surface area contributed by atoms with Gasteiger partial charge in [-0.15, -0.1) is 0 Å². The van der Waals surface area contributed by atoms with E-state index in [-0.39, 0.29) is 30.8 Å². The number of carboxylic acids is 1. The smallest absolute Gasteiger partial charge is 0.327 e. The number of phenolic OH excluding ortho intramolecular Hbond substituents is 1. The van der Waals surface area contributed by atoms with Crippen molar-refractivity contribution in [2.45, 2.75) is 43.4 Å². The maximum Gasteiger partial charge on any atom is 0.327 e. The van der Waals surface area contributed by atoms with Crippen molar-refractivity contribution in [2.24, 2.45) is 11.5 Å². The number of nitrogens with two attached hydrogens (primary N) is 2. The topological polar surface area (TPSA) is 234 Å². The molecule has 13 nitrogen and oxygen atoms in total. The zero-order valence-corrected chi connectivity index (χ0v) is 19.0. The number of carbonyl (C=O) groups excluding carboxylic acids is 4. The van der Waals surface area contributed by atoms with Crippen molar-refractivity contribution in [3.05, 3.63) is 29.8 Å². The molecule has 0 aromatic heterocycles. The molecule has 0 spiro atoms. The predicted molar refractivity (Wildman–Crippen MR) is 123 cm³/mol. The highest BCUT2D eigenvalue weighted by Crippen LogP contribution is 2.12. The summed E-state index contributed by atoms with van der Waals surface area (Å²) < 4.78 is 0. The van der Waals surface area contributed by atoms with Gasteiger partial charge < -0.3 is 42.7 Å². The number of hydrogen-bond acceptors (Lipinski definition) is 9. The Labute approximate surface area is 200 Å². The van der Waals surface area contributed by atoms with E-state index in [4.69, 9.17) is 16.6 Å². The minimum absolute atomic E-state index is 0.0227. The van der Waals surface area contributed by atoms with Crippen LogP contribution in [0.4, 0.5) is 0 Å². The van der Waals surface area contributed by atoms with Crippen LogP contribution in [0.25, 0.3) is 0 Å². The van der Waals surface area contributed by atoms with Gasteiger partial charge in [0.05, 0.1) is 12.6 Å². The minimum atomic E-state index is -1.48. The first kappa shape index (κ1) is 28.7. The lowest BCUT2D eigenvalue weighted by atomic mass is 10.0. The Bertz CT molecular complexity index is 882. The number of aliphatic hydroxyl groups is 1. The van der Waals surface area contributed by atoms with Crippen LogP contribution in [0, 0.1) is 0 Å². The first-order valence-electron chi connectivity index (χ1n) is 10.2. The number of benzene rings is 1. The standard InChI is InChI=1S/C20H29N5O8S/c21-12(5-6-16(22)28)17(29)24-14(8-26)19(31)23-13(7-10-1-3-11(27)4-2-10)18(30)25-15(9-34)20(32)33/h1-4,12-15,26-27,34H,5-9,21H2,(H2,22,28)(H,23,31)(H,24,29)(H,25,30)(H,32,33). The number of aliphatic hydroxyl groups excluding tert-OH is 1. The second-order valence-corrected chi connectivity index (χ2v) is 7.73. The van der Waals surface area contributed by atoms with Crippen molar-refractivity contribution in [3.63, 3.8) is 0 Å². The Balaban J connectivity index is 2.97. The van der Waals surface area contributed by atoms with E-state index in [9.17, 15) is 34.2 Å². The maximum atomic E-state index is 12.7. The highest BCUT2D eigenvalue weighted by Gasteiger charge is 2.30. The largest absolute Gasteiger partial charge is 0.508 e. The number of carboxylic acid groups (broad SMARTS) is 1. The molecule has 14 heteroatoms. The Morgan fingerprint density at radius 2 is 1.44 bits per heavy atom. The zero-order valence-electron chi connectivity index (χ0n) is 18.1. The molecule has 0 saturated heterocycles. The molecule has 0 saturated carbocycles. The number of hydrogen-bond donors (Lipinski definition) is 9. The first-order chi connectivity index (χ1) is 16.0. The van der Waals surface area contributed by atoms with Crippen LogP contribution in [0.2, 0.25) is 0 Å². The molecular formula is C20H29N5O8S. The Kier molecular flexibility index (Phi) is 11.8. The lowest BCUT2D eigenvalue weighted by Crippen LogP contribution is -2.58. The molecule has 1 aromatic carbocycles. The molecule has 0 aliphatic rings. The summed E-state index contributed by atoms with van der Waals surface area (Å²) in [7, 11) is 0. The van der Waals surface area contributed by atoms with Gasteiger partial charge in [0.25, 0.3) is 0 Å². The van der Waals surface area contributed by atoms with E-state index in [2.05, 4.69) is 28.6 Å². The van der Waals surface area contributed by atoms with Crippen molar-refractivity contribution in [2.75, 3.05) is 12.4 Å². The van der Waals surface area contributed by atoms with Crippen molar-refractivity contribution in [1.82, 2.24) is 16.0 Å². The third-order valence-electron chi connectivity index (χ3n) is 4.66. The molecule has 4 amide bonds. The molecule has 0 aliphatic carbocycles. The van der Waals surface area contributed by atoms with Gasteiger partial charge in [0.1, 0.15) is 23.9 Å². The van der Waals surface area contributed by atoms with E-state index >= 15 is 0 Å². The van der Waals surface area contributed by atoms with Gasteiger partial charge in [-0.1, -0.05) is 12.1 Å². The third-order valence-corrected chi connectivity index (χ3v) is 5.03. The summed E-state index contributed by atoms with van der Waals surface area (Å²) in [4.78, 5) is 59.7. The minimum Gasteiger partial charge on any atom is -0.508 e. The van der Waals surface area contributed by atoms with Gasteiger partial charge in [0.15, 0.2) is 0 Å². The summed E-state index contributed by atoms with van der Waals surface area (Å²) >= 11 is 3.88. The van der Waals surface area contributed by atoms with Gasteiger partial charge in [0.2, 0.25) is 23.6 Å². The average molecular weight is 500 g/mol. The molecule has 0 aliphatic heterocycles. The monoisotopic (exact) mass is 499 g/mol. The Morgan fingerprint density at radius 1 is 0.912 bits per heavy atom.